The van der Waals surface area contributed by atoms with Crippen LogP contribution >= 0.6 is 0 Å². The van der Waals surface area contributed by atoms with Crippen LogP contribution in [0.15, 0.2) is 30.3 Å². The number of carbonyl (C=O) groups is 1. The number of piperazine rings is 1. The van der Waals surface area contributed by atoms with E-state index in [-0.39, 0.29) is 5.91 Å². The second-order valence-electron chi connectivity index (χ2n) is 8.13. The van der Waals surface area contributed by atoms with Gasteiger partial charge < -0.3 is 9.80 Å². The number of hydrogen-bond donors (Lipinski definition) is 0. The third-order valence-electron chi connectivity index (χ3n) is 5.40. The molecular weight excluding hydrogens is 376 g/mol. The van der Waals surface area contributed by atoms with Gasteiger partial charge in [-0.2, -0.15) is 5.10 Å². The molecular formula is C23H28N6O. The van der Waals surface area contributed by atoms with Crippen LogP contribution in [0.3, 0.4) is 0 Å². The molecule has 1 aliphatic rings. The largest absolute Gasteiger partial charge is 0.353 e. The van der Waals surface area contributed by atoms with Gasteiger partial charge in [-0.05, 0) is 52.8 Å². The molecule has 0 N–H and O–H groups in total. The van der Waals surface area contributed by atoms with Crippen molar-refractivity contribution in [3.8, 4) is 5.82 Å². The molecule has 156 valence electrons. The van der Waals surface area contributed by atoms with Crippen LogP contribution in [0.2, 0.25) is 0 Å². The molecule has 0 atom stereocenters. The molecule has 1 fully saturated rings. The summed E-state index contributed by atoms with van der Waals surface area (Å²) in [5, 5.41) is 4.55. The second kappa shape index (κ2) is 7.89. The van der Waals surface area contributed by atoms with Crippen molar-refractivity contribution in [3.63, 3.8) is 0 Å². The molecule has 7 nitrogen and oxygen atoms in total. The molecule has 0 aliphatic carbocycles. The quantitative estimate of drug-likeness (QED) is 0.671. The van der Waals surface area contributed by atoms with E-state index in [1.807, 2.05) is 68.5 Å². The fourth-order valence-electron chi connectivity index (χ4n) is 4.09. The van der Waals surface area contributed by atoms with Crippen LogP contribution in [0.4, 0.5) is 5.82 Å². The van der Waals surface area contributed by atoms with Gasteiger partial charge in [0.25, 0.3) is 5.91 Å². The first-order valence-electron chi connectivity index (χ1n) is 10.3. The topological polar surface area (TPSA) is 67.2 Å². The predicted molar refractivity (Wildman–Crippen MR) is 117 cm³/mol. The Morgan fingerprint density at radius 2 is 1.43 bits per heavy atom. The molecule has 30 heavy (non-hydrogen) atoms. The molecule has 4 rings (SSSR count). The summed E-state index contributed by atoms with van der Waals surface area (Å²) in [6.45, 7) is 12.8. The van der Waals surface area contributed by atoms with Crippen LogP contribution in [-0.2, 0) is 0 Å². The zero-order valence-corrected chi connectivity index (χ0v) is 18.3. The summed E-state index contributed by atoms with van der Waals surface area (Å²) in [5.41, 5.74) is 5.00. The standard InChI is InChI=1S/C23H28N6O/c1-15-10-16(2)12-20(11-15)23(30)28-8-6-27(7-9-28)21-14-22(25-19(5)24-21)29-18(4)13-17(3)26-29/h10-14H,6-9H2,1-5H3. The minimum Gasteiger partial charge on any atom is -0.353 e. The molecule has 2 aromatic heterocycles. The molecule has 0 radical (unpaired) electrons. The third-order valence-corrected chi connectivity index (χ3v) is 5.40. The maximum Gasteiger partial charge on any atom is 0.253 e. The number of aryl methyl sites for hydroxylation is 5. The number of anilines is 1. The first kappa shape index (κ1) is 20.1. The van der Waals surface area contributed by atoms with Gasteiger partial charge in [-0.1, -0.05) is 17.2 Å². The lowest BCUT2D eigenvalue weighted by molar-refractivity contribution is 0.0746. The number of benzene rings is 1. The van der Waals surface area contributed by atoms with Gasteiger partial charge in [0.2, 0.25) is 0 Å². The first-order chi connectivity index (χ1) is 14.3. The monoisotopic (exact) mass is 404 g/mol. The highest BCUT2D eigenvalue weighted by molar-refractivity contribution is 5.94. The highest BCUT2D eigenvalue weighted by atomic mass is 16.2. The van der Waals surface area contributed by atoms with E-state index in [4.69, 9.17) is 0 Å². The summed E-state index contributed by atoms with van der Waals surface area (Å²) in [6, 6.07) is 10.0. The van der Waals surface area contributed by atoms with Crippen molar-refractivity contribution in [2.45, 2.75) is 34.6 Å². The van der Waals surface area contributed by atoms with Crippen molar-refractivity contribution >= 4 is 11.7 Å². The highest BCUT2D eigenvalue weighted by Crippen LogP contribution is 2.20. The normalized spacial score (nSPS) is 14.3. The molecule has 0 spiro atoms. The predicted octanol–water partition coefficient (Wildman–Crippen LogP) is 3.17. The molecule has 1 aliphatic heterocycles. The van der Waals surface area contributed by atoms with E-state index >= 15 is 0 Å². The summed E-state index contributed by atoms with van der Waals surface area (Å²) in [4.78, 5) is 26.3. The van der Waals surface area contributed by atoms with E-state index in [1.165, 1.54) is 0 Å². The van der Waals surface area contributed by atoms with Crippen molar-refractivity contribution in [1.29, 1.82) is 0 Å². The number of carbonyl (C=O) groups excluding carboxylic acids is 1. The lowest BCUT2D eigenvalue weighted by atomic mass is 10.1. The fourth-order valence-corrected chi connectivity index (χ4v) is 4.09. The Bertz CT molecular complexity index is 1070. The average Bonchev–Trinajstić information content (AvgIpc) is 3.04. The molecule has 7 heteroatoms. The summed E-state index contributed by atoms with van der Waals surface area (Å²) in [7, 11) is 0. The van der Waals surface area contributed by atoms with E-state index < -0.39 is 0 Å². The van der Waals surface area contributed by atoms with Crippen LogP contribution in [0.25, 0.3) is 5.82 Å². The Hall–Kier alpha value is -3.22. The molecule has 0 unspecified atom stereocenters. The van der Waals surface area contributed by atoms with Crippen molar-refractivity contribution < 1.29 is 4.79 Å². The molecule has 3 heterocycles. The molecule has 1 saturated heterocycles. The van der Waals surface area contributed by atoms with E-state index in [0.717, 1.165) is 52.8 Å². The molecule has 1 amide bonds. The number of aromatic nitrogens is 4. The second-order valence-corrected chi connectivity index (χ2v) is 8.13. The minimum atomic E-state index is 0.101. The lowest BCUT2D eigenvalue weighted by Gasteiger charge is -2.35. The number of amides is 1. The number of nitrogens with zero attached hydrogens (tertiary/aromatic N) is 6. The van der Waals surface area contributed by atoms with Gasteiger partial charge in [-0.3, -0.25) is 4.79 Å². The van der Waals surface area contributed by atoms with Crippen LogP contribution < -0.4 is 4.90 Å². The van der Waals surface area contributed by atoms with Crippen molar-refractivity contribution in [3.05, 3.63) is 64.2 Å². The Morgan fingerprint density at radius 3 is 2.03 bits per heavy atom. The van der Waals surface area contributed by atoms with Crippen LogP contribution in [0, 0.1) is 34.6 Å². The SMILES string of the molecule is Cc1cc(C)cc(C(=O)N2CCN(c3cc(-n4nc(C)cc4C)nc(C)n3)CC2)c1. The van der Waals surface area contributed by atoms with E-state index in [2.05, 4.69) is 26.0 Å². The van der Waals surface area contributed by atoms with Crippen molar-refractivity contribution in [2.24, 2.45) is 0 Å². The van der Waals surface area contributed by atoms with Gasteiger partial charge in [-0.15, -0.1) is 0 Å². The highest BCUT2D eigenvalue weighted by Gasteiger charge is 2.24. The maximum absolute atomic E-state index is 13.0. The van der Waals surface area contributed by atoms with Gasteiger partial charge in [0.15, 0.2) is 5.82 Å². The third kappa shape index (κ3) is 4.06. The van der Waals surface area contributed by atoms with Crippen molar-refractivity contribution in [1.82, 2.24) is 24.6 Å². The van der Waals surface area contributed by atoms with Gasteiger partial charge in [0.1, 0.15) is 11.6 Å². The van der Waals surface area contributed by atoms with E-state index in [1.54, 1.807) is 0 Å². The van der Waals surface area contributed by atoms with Gasteiger partial charge in [0.05, 0.1) is 5.69 Å². The molecule has 0 bridgehead atoms. The van der Waals surface area contributed by atoms with Gasteiger partial charge in [0, 0.05) is 43.5 Å². The maximum atomic E-state index is 13.0. The number of rotatable bonds is 3. The molecule has 1 aromatic carbocycles. The summed E-state index contributed by atoms with van der Waals surface area (Å²) >= 11 is 0. The Kier molecular flexibility index (Phi) is 5.28. The van der Waals surface area contributed by atoms with Crippen LogP contribution in [0.5, 0.6) is 0 Å². The average molecular weight is 405 g/mol. The number of hydrogen-bond acceptors (Lipinski definition) is 5. The smallest absolute Gasteiger partial charge is 0.253 e. The van der Waals surface area contributed by atoms with Gasteiger partial charge in [-0.25, -0.2) is 14.6 Å². The first-order valence-corrected chi connectivity index (χ1v) is 10.3. The van der Waals surface area contributed by atoms with Crippen LogP contribution in [0.1, 0.15) is 38.7 Å². The summed E-state index contributed by atoms with van der Waals surface area (Å²) in [6.07, 6.45) is 0. The lowest BCUT2D eigenvalue weighted by Crippen LogP contribution is -2.49. The minimum absolute atomic E-state index is 0.101. The summed E-state index contributed by atoms with van der Waals surface area (Å²) < 4.78 is 1.85. The molecule has 3 aromatic rings. The zero-order valence-electron chi connectivity index (χ0n) is 18.3. The van der Waals surface area contributed by atoms with Gasteiger partial charge >= 0.3 is 0 Å². The van der Waals surface area contributed by atoms with E-state index in [9.17, 15) is 4.79 Å². The fraction of sp³-hybridized carbons (Fsp3) is 0.391. The zero-order chi connectivity index (χ0) is 21.4. The van der Waals surface area contributed by atoms with E-state index in [0.29, 0.717) is 18.9 Å². The summed E-state index contributed by atoms with van der Waals surface area (Å²) in [5.74, 6) is 2.47. The molecule has 0 saturated carbocycles. The Morgan fingerprint density at radius 1 is 0.800 bits per heavy atom. The Balaban J connectivity index is 1.50. The van der Waals surface area contributed by atoms with Crippen LogP contribution in [-0.4, -0.2) is 56.7 Å². The van der Waals surface area contributed by atoms with Crippen molar-refractivity contribution in [2.75, 3.05) is 31.1 Å². The Labute approximate surface area is 177 Å².